The van der Waals surface area contributed by atoms with E-state index in [1.54, 1.807) is 55.5 Å². The maximum absolute atomic E-state index is 13.8. The van der Waals surface area contributed by atoms with Gasteiger partial charge < -0.3 is 10.0 Å². The molecule has 1 amide bonds. The van der Waals surface area contributed by atoms with E-state index in [2.05, 4.69) is 4.98 Å². The van der Waals surface area contributed by atoms with Crippen molar-refractivity contribution in [2.45, 2.75) is 31.7 Å². The Balaban J connectivity index is 1.90. The van der Waals surface area contributed by atoms with Gasteiger partial charge in [0.15, 0.2) is 0 Å². The molecule has 1 atom stereocenters. The third-order valence-electron chi connectivity index (χ3n) is 4.47. The van der Waals surface area contributed by atoms with E-state index in [-0.39, 0.29) is 13.1 Å². The first kappa shape index (κ1) is 20.3. The Kier molecular flexibility index (Phi) is 5.71. The Morgan fingerprint density at radius 2 is 1.75 bits per heavy atom. The molecule has 0 saturated carbocycles. The summed E-state index contributed by atoms with van der Waals surface area (Å²) >= 11 is 0.745. The summed E-state index contributed by atoms with van der Waals surface area (Å²) in [5, 5.41) is 10.1. The number of thiazole rings is 1. The lowest BCUT2D eigenvalue weighted by atomic mass is 9.98. The predicted octanol–water partition coefficient (Wildman–Crippen LogP) is 4.49. The van der Waals surface area contributed by atoms with E-state index in [0.717, 1.165) is 16.9 Å². The Hall–Kier alpha value is -2.45. The maximum atomic E-state index is 13.8. The number of nitrogens with zero attached hydrogens (tertiary/aromatic N) is 2. The molecule has 0 radical (unpaired) electrons. The van der Waals surface area contributed by atoms with E-state index in [1.807, 2.05) is 6.07 Å². The third-order valence-corrected chi connectivity index (χ3v) is 5.66. The highest BCUT2D eigenvalue weighted by Gasteiger charge is 2.58. The van der Waals surface area contributed by atoms with Crippen LogP contribution in [0.25, 0.3) is 10.2 Å². The molecule has 0 bridgehead atoms. The van der Waals surface area contributed by atoms with Crippen LogP contribution in [-0.2, 0) is 16.9 Å². The van der Waals surface area contributed by atoms with Crippen molar-refractivity contribution >= 4 is 27.5 Å². The molecule has 2 aromatic carbocycles. The van der Waals surface area contributed by atoms with Crippen molar-refractivity contribution in [3.8, 4) is 0 Å². The number of amides is 1. The van der Waals surface area contributed by atoms with Gasteiger partial charge in [0.05, 0.1) is 16.6 Å². The molecule has 0 fully saturated rings. The number of para-hydroxylation sites is 1. The molecular weight excluding hydrogens is 389 g/mol. The topological polar surface area (TPSA) is 53.4 Å². The Morgan fingerprint density at radius 1 is 1.11 bits per heavy atom. The molecule has 1 heterocycles. The highest BCUT2D eigenvalue weighted by Crippen LogP contribution is 2.44. The lowest BCUT2D eigenvalue weighted by Gasteiger charge is -2.30. The van der Waals surface area contributed by atoms with Gasteiger partial charge in [0.2, 0.25) is 11.5 Å². The Morgan fingerprint density at radius 3 is 2.36 bits per heavy atom. The van der Waals surface area contributed by atoms with E-state index >= 15 is 0 Å². The number of benzene rings is 2. The quantitative estimate of drug-likeness (QED) is 0.654. The summed E-state index contributed by atoms with van der Waals surface area (Å²) in [6.07, 6.45) is -6.15. The highest BCUT2D eigenvalue weighted by atomic mass is 32.1. The second kappa shape index (κ2) is 7.89. The monoisotopic (exact) mass is 408 g/mol. The van der Waals surface area contributed by atoms with Crippen LogP contribution in [0.3, 0.4) is 0 Å². The van der Waals surface area contributed by atoms with Gasteiger partial charge in [-0.3, -0.25) is 4.79 Å². The molecule has 0 aliphatic rings. The van der Waals surface area contributed by atoms with E-state index in [1.165, 1.54) is 4.90 Å². The van der Waals surface area contributed by atoms with Gasteiger partial charge in [-0.15, -0.1) is 11.3 Å². The summed E-state index contributed by atoms with van der Waals surface area (Å²) < 4.78 is 42.0. The molecule has 1 aromatic heterocycles. The minimum atomic E-state index is -5.04. The number of fused-ring (bicyclic) bond motifs is 1. The standard InChI is InChI=1S/C20H19F3N2O2S/c1-2-25(13-14-8-4-3-5-9-14)17(26)12-19(27,20(21,22)23)18-24-15-10-6-7-11-16(15)28-18/h3-11,27H,2,12-13H2,1H3. The van der Waals surface area contributed by atoms with Crippen molar-refractivity contribution in [3.05, 3.63) is 65.2 Å². The number of halogens is 3. The van der Waals surface area contributed by atoms with Crippen LogP contribution >= 0.6 is 11.3 Å². The van der Waals surface area contributed by atoms with Crippen molar-refractivity contribution in [1.82, 2.24) is 9.88 Å². The van der Waals surface area contributed by atoms with Crippen LogP contribution in [0.2, 0.25) is 0 Å². The first-order chi connectivity index (χ1) is 13.2. The average molecular weight is 408 g/mol. The molecule has 0 saturated heterocycles. The number of hydrogen-bond donors (Lipinski definition) is 1. The summed E-state index contributed by atoms with van der Waals surface area (Å²) in [6.45, 7) is 2.08. The Labute approximate surface area is 164 Å². The molecule has 0 aliphatic carbocycles. The summed E-state index contributed by atoms with van der Waals surface area (Å²) in [6, 6.07) is 15.5. The van der Waals surface area contributed by atoms with Gasteiger partial charge in [-0.05, 0) is 24.6 Å². The maximum Gasteiger partial charge on any atom is 0.424 e. The molecule has 4 nitrogen and oxygen atoms in total. The minimum Gasteiger partial charge on any atom is -0.374 e. The van der Waals surface area contributed by atoms with Crippen LogP contribution in [0, 0.1) is 0 Å². The van der Waals surface area contributed by atoms with Crippen molar-refractivity contribution in [3.63, 3.8) is 0 Å². The van der Waals surface area contributed by atoms with Gasteiger partial charge >= 0.3 is 6.18 Å². The van der Waals surface area contributed by atoms with Crippen LogP contribution in [0.1, 0.15) is 23.9 Å². The largest absolute Gasteiger partial charge is 0.424 e. The first-order valence-corrected chi connectivity index (χ1v) is 9.53. The second-order valence-electron chi connectivity index (χ2n) is 6.42. The van der Waals surface area contributed by atoms with Crippen LogP contribution in [0.4, 0.5) is 13.2 Å². The normalized spacial score (nSPS) is 14.0. The van der Waals surface area contributed by atoms with Gasteiger partial charge in [0, 0.05) is 13.1 Å². The van der Waals surface area contributed by atoms with E-state index in [4.69, 9.17) is 0 Å². The SMILES string of the molecule is CCN(Cc1ccccc1)C(=O)CC(O)(c1nc2ccccc2s1)C(F)(F)F. The lowest BCUT2D eigenvalue weighted by molar-refractivity contribution is -0.268. The average Bonchev–Trinajstić information content (AvgIpc) is 3.10. The minimum absolute atomic E-state index is 0.171. The molecule has 148 valence electrons. The van der Waals surface area contributed by atoms with Gasteiger partial charge in [-0.1, -0.05) is 42.5 Å². The number of carbonyl (C=O) groups excluding carboxylic acids is 1. The fourth-order valence-electron chi connectivity index (χ4n) is 2.86. The molecule has 0 aliphatic heterocycles. The molecule has 1 N–H and O–H groups in total. The molecule has 0 spiro atoms. The van der Waals surface area contributed by atoms with E-state index in [0.29, 0.717) is 10.2 Å². The summed E-state index contributed by atoms with van der Waals surface area (Å²) in [7, 11) is 0. The lowest BCUT2D eigenvalue weighted by Crippen LogP contribution is -2.47. The van der Waals surface area contributed by atoms with E-state index < -0.39 is 29.1 Å². The van der Waals surface area contributed by atoms with Crippen LogP contribution in [0.5, 0.6) is 0 Å². The summed E-state index contributed by atoms with van der Waals surface area (Å²) in [5.41, 5.74) is -2.18. The number of hydrogen-bond acceptors (Lipinski definition) is 4. The predicted molar refractivity (Wildman–Crippen MR) is 102 cm³/mol. The van der Waals surface area contributed by atoms with Gasteiger partial charge in [-0.2, -0.15) is 13.2 Å². The van der Waals surface area contributed by atoms with Gasteiger partial charge in [-0.25, -0.2) is 4.98 Å². The molecule has 3 aromatic rings. The number of aromatic nitrogens is 1. The Bertz CT molecular complexity index is 926. The van der Waals surface area contributed by atoms with Crippen molar-refractivity contribution in [2.24, 2.45) is 0 Å². The highest BCUT2D eigenvalue weighted by molar-refractivity contribution is 7.18. The van der Waals surface area contributed by atoms with Crippen LogP contribution < -0.4 is 0 Å². The smallest absolute Gasteiger partial charge is 0.374 e. The first-order valence-electron chi connectivity index (χ1n) is 8.71. The van der Waals surface area contributed by atoms with Crippen LogP contribution in [0.15, 0.2) is 54.6 Å². The van der Waals surface area contributed by atoms with Crippen LogP contribution in [-0.4, -0.2) is 33.6 Å². The summed E-state index contributed by atoms with van der Waals surface area (Å²) in [4.78, 5) is 17.9. The zero-order valence-electron chi connectivity index (χ0n) is 15.1. The molecule has 3 rings (SSSR count). The molecule has 28 heavy (non-hydrogen) atoms. The van der Waals surface area contributed by atoms with Gasteiger partial charge in [0.25, 0.3) is 0 Å². The molecular formula is C20H19F3N2O2S. The van der Waals surface area contributed by atoms with Crippen molar-refractivity contribution < 1.29 is 23.1 Å². The zero-order valence-corrected chi connectivity index (χ0v) is 15.9. The number of carbonyl (C=O) groups is 1. The second-order valence-corrected chi connectivity index (χ2v) is 7.45. The fourth-order valence-corrected chi connectivity index (χ4v) is 3.93. The zero-order chi connectivity index (χ0) is 20.4. The summed E-state index contributed by atoms with van der Waals surface area (Å²) in [5.74, 6) is -0.787. The molecule has 1 unspecified atom stereocenters. The van der Waals surface area contributed by atoms with Gasteiger partial charge in [0.1, 0.15) is 5.01 Å². The number of rotatable bonds is 6. The molecule has 8 heteroatoms. The van der Waals surface area contributed by atoms with Crippen molar-refractivity contribution in [2.75, 3.05) is 6.54 Å². The fraction of sp³-hybridized carbons (Fsp3) is 0.300. The van der Waals surface area contributed by atoms with E-state index in [9.17, 15) is 23.1 Å². The number of alkyl halides is 3. The number of aliphatic hydroxyl groups is 1. The van der Waals surface area contributed by atoms with Crippen molar-refractivity contribution in [1.29, 1.82) is 0 Å². The third kappa shape index (κ3) is 4.02.